The number of allylic oxidation sites excluding steroid dienone is 2. The Morgan fingerprint density at radius 3 is 1.98 bits per heavy atom. The number of carbonyl (C=O) groups is 4. The van der Waals surface area contributed by atoms with E-state index in [1.54, 1.807) is 36.4 Å². The van der Waals surface area contributed by atoms with E-state index in [0.29, 0.717) is 35.4 Å². The van der Waals surface area contributed by atoms with Crippen molar-refractivity contribution in [2.24, 2.45) is 35.5 Å². The monoisotopic (exact) mass is 533 g/mol. The van der Waals surface area contributed by atoms with Crippen LogP contribution in [0.5, 0.6) is 5.75 Å². The zero-order valence-corrected chi connectivity index (χ0v) is 21.6. The van der Waals surface area contributed by atoms with Gasteiger partial charge in [0.15, 0.2) is 12.4 Å². The summed E-state index contributed by atoms with van der Waals surface area (Å²) in [7, 11) is 0. The quantitative estimate of drug-likeness (QED) is 0.178. The molecule has 1 heterocycles. The molecule has 2 amide bonds. The number of hydrogen-bond acceptors (Lipinski definition) is 6. The fourth-order valence-corrected chi connectivity index (χ4v) is 6.73. The van der Waals surface area contributed by atoms with Gasteiger partial charge in [-0.05, 0) is 84.2 Å². The molecule has 2 saturated carbocycles. The van der Waals surface area contributed by atoms with Crippen LogP contribution in [0.1, 0.15) is 32.7 Å². The number of esters is 1. The molecule has 6 atom stereocenters. The Morgan fingerprint density at radius 2 is 1.35 bits per heavy atom. The molecule has 8 rings (SSSR count). The Hall–Kier alpha value is -4.52. The molecule has 3 aromatic rings. The number of benzene rings is 3. The van der Waals surface area contributed by atoms with Crippen molar-refractivity contribution in [2.75, 3.05) is 11.5 Å². The number of imide groups is 1. The van der Waals surface area contributed by atoms with Gasteiger partial charge in [-0.25, -0.2) is 4.79 Å². The lowest BCUT2D eigenvalue weighted by atomic mass is 9.63. The van der Waals surface area contributed by atoms with E-state index in [-0.39, 0.29) is 46.8 Å². The zero-order chi connectivity index (χ0) is 27.4. The van der Waals surface area contributed by atoms with Crippen molar-refractivity contribution >= 4 is 29.3 Å². The predicted molar refractivity (Wildman–Crippen MR) is 145 cm³/mol. The van der Waals surface area contributed by atoms with Crippen LogP contribution in [0, 0.1) is 35.5 Å². The average Bonchev–Trinajstić information content (AvgIpc) is 3.78. The maximum Gasteiger partial charge on any atom is 0.338 e. The van der Waals surface area contributed by atoms with E-state index in [0.717, 1.165) is 12.0 Å². The molecule has 3 aromatic carbocycles. The molecule has 200 valence electrons. The van der Waals surface area contributed by atoms with Gasteiger partial charge >= 0.3 is 5.97 Å². The van der Waals surface area contributed by atoms with Crippen LogP contribution in [0.3, 0.4) is 0 Å². The number of rotatable bonds is 8. The van der Waals surface area contributed by atoms with Gasteiger partial charge in [0.2, 0.25) is 11.8 Å². The zero-order valence-electron chi connectivity index (χ0n) is 21.6. The summed E-state index contributed by atoms with van der Waals surface area (Å²) in [4.78, 5) is 53.1. The number of amides is 2. The van der Waals surface area contributed by atoms with E-state index >= 15 is 0 Å². The van der Waals surface area contributed by atoms with Gasteiger partial charge in [-0.2, -0.15) is 0 Å². The number of ether oxygens (including phenoxy) is 2. The summed E-state index contributed by atoms with van der Waals surface area (Å²) in [5.74, 6) is 0.212. The number of anilines is 1. The number of hydrogen-bond donors (Lipinski definition) is 0. The van der Waals surface area contributed by atoms with E-state index in [4.69, 9.17) is 9.47 Å². The maximum atomic E-state index is 13.3. The highest BCUT2D eigenvalue weighted by Gasteiger charge is 2.67. The third-order valence-electron chi connectivity index (χ3n) is 8.78. The largest absolute Gasteiger partial charge is 0.489 e. The highest BCUT2D eigenvalue weighted by Crippen LogP contribution is 2.65. The van der Waals surface area contributed by atoms with Crippen molar-refractivity contribution in [3.63, 3.8) is 0 Å². The van der Waals surface area contributed by atoms with E-state index in [1.807, 2.05) is 30.3 Å². The summed E-state index contributed by atoms with van der Waals surface area (Å²) in [6.07, 6.45) is 5.40. The molecule has 0 radical (unpaired) electrons. The van der Waals surface area contributed by atoms with Crippen molar-refractivity contribution in [1.29, 1.82) is 0 Å². The molecule has 4 aliphatic carbocycles. The molecule has 0 N–H and O–H groups in total. The molecule has 5 aliphatic rings. The molecular formula is C33H27NO6. The minimum absolute atomic E-state index is 0.142. The first-order valence-corrected chi connectivity index (χ1v) is 13.6. The lowest BCUT2D eigenvalue weighted by Crippen LogP contribution is -2.40. The van der Waals surface area contributed by atoms with Crippen molar-refractivity contribution in [1.82, 2.24) is 0 Å². The van der Waals surface area contributed by atoms with E-state index in [1.165, 1.54) is 17.0 Å². The second-order valence-electron chi connectivity index (χ2n) is 11.0. The van der Waals surface area contributed by atoms with Crippen LogP contribution in [0.15, 0.2) is 91.0 Å². The molecule has 0 unspecified atom stereocenters. The van der Waals surface area contributed by atoms with Gasteiger partial charge in [0.1, 0.15) is 12.4 Å². The summed E-state index contributed by atoms with van der Waals surface area (Å²) in [6, 6.07) is 22.7. The van der Waals surface area contributed by atoms with Crippen LogP contribution >= 0.6 is 0 Å². The normalized spacial score (nSPS) is 27.2. The van der Waals surface area contributed by atoms with Gasteiger partial charge in [-0.3, -0.25) is 19.3 Å². The van der Waals surface area contributed by atoms with Crippen LogP contribution < -0.4 is 9.64 Å². The minimum Gasteiger partial charge on any atom is -0.489 e. The summed E-state index contributed by atoms with van der Waals surface area (Å²) < 4.78 is 11.0. The first-order chi connectivity index (χ1) is 19.5. The van der Waals surface area contributed by atoms with Gasteiger partial charge < -0.3 is 9.47 Å². The Morgan fingerprint density at radius 1 is 0.750 bits per heavy atom. The van der Waals surface area contributed by atoms with E-state index in [2.05, 4.69) is 12.2 Å². The van der Waals surface area contributed by atoms with Gasteiger partial charge in [0.25, 0.3) is 0 Å². The standard InChI is InChI=1S/C33H27NO6/c35-28(20-8-12-23(13-9-20)39-17-19-4-2-1-3-5-19)18-40-33(38)21-6-10-22(11-7-21)34-31(36)29-24-14-15-25(27-16-26(24)27)30(29)32(34)37/h1-15,24-27,29-30H,16-18H2/t24-,25-,26-,27+,29-,30+/m0/s1. The number of ketones is 1. The Balaban J connectivity index is 0.946. The van der Waals surface area contributed by atoms with Crippen molar-refractivity contribution < 1.29 is 28.7 Å². The molecule has 1 aliphatic heterocycles. The first-order valence-electron chi connectivity index (χ1n) is 13.6. The van der Waals surface area contributed by atoms with Crippen LogP contribution in [-0.2, 0) is 20.9 Å². The summed E-state index contributed by atoms with van der Waals surface area (Å²) >= 11 is 0. The molecule has 7 heteroatoms. The maximum absolute atomic E-state index is 13.3. The van der Waals surface area contributed by atoms with Crippen molar-refractivity contribution in [3.8, 4) is 5.75 Å². The molecule has 2 bridgehead atoms. The van der Waals surface area contributed by atoms with Crippen LogP contribution in [0.25, 0.3) is 0 Å². The second-order valence-corrected chi connectivity index (χ2v) is 11.0. The fourth-order valence-electron chi connectivity index (χ4n) is 6.73. The Bertz CT molecular complexity index is 1490. The first kappa shape index (κ1) is 24.5. The van der Waals surface area contributed by atoms with Gasteiger partial charge in [-0.1, -0.05) is 42.5 Å². The molecule has 1 saturated heterocycles. The second kappa shape index (κ2) is 9.59. The molecule has 40 heavy (non-hydrogen) atoms. The highest BCUT2D eigenvalue weighted by molar-refractivity contribution is 6.22. The molecule has 0 spiro atoms. The highest BCUT2D eigenvalue weighted by atomic mass is 16.5. The number of Topliss-reactive ketones (excluding diaryl/α,β-unsaturated/α-hetero) is 1. The summed E-state index contributed by atoms with van der Waals surface area (Å²) in [5.41, 5.74) is 2.14. The van der Waals surface area contributed by atoms with Gasteiger partial charge in [-0.15, -0.1) is 0 Å². The van der Waals surface area contributed by atoms with E-state index < -0.39 is 12.6 Å². The van der Waals surface area contributed by atoms with Gasteiger partial charge in [0.05, 0.1) is 23.1 Å². The average molecular weight is 534 g/mol. The number of carbonyl (C=O) groups excluding carboxylic acids is 4. The molecule has 7 nitrogen and oxygen atoms in total. The fraction of sp³-hybridized carbons (Fsp3) is 0.273. The van der Waals surface area contributed by atoms with Crippen molar-refractivity contribution in [3.05, 3.63) is 108 Å². The smallest absolute Gasteiger partial charge is 0.338 e. The third kappa shape index (κ3) is 4.13. The minimum atomic E-state index is -0.655. The van der Waals surface area contributed by atoms with Crippen LogP contribution in [0.2, 0.25) is 0 Å². The van der Waals surface area contributed by atoms with Gasteiger partial charge in [0, 0.05) is 5.56 Å². The number of nitrogens with zero attached hydrogens (tertiary/aromatic N) is 1. The topological polar surface area (TPSA) is 90.0 Å². The summed E-state index contributed by atoms with van der Waals surface area (Å²) in [5, 5.41) is 0. The van der Waals surface area contributed by atoms with Crippen LogP contribution in [-0.4, -0.2) is 30.2 Å². The predicted octanol–water partition coefficient (Wildman–Crippen LogP) is 4.86. The molecule has 0 aromatic heterocycles. The Kier molecular flexibility index (Phi) is 5.88. The van der Waals surface area contributed by atoms with E-state index in [9.17, 15) is 19.2 Å². The molecular weight excluding hydrogens is 506 g/mol. The lowest BCUT2D eigenvalue weighted by Gasteiger charge is -2.37. The van der Waals surface area contributed by atoms with Crippen LogP contribution in [0.4, 0.5) is 5.69 Å². The van der Waals surface area contributed by atoms with Crippen molar-refractivity contribution in [2.45, 2.75) is 13.0 Å². The Labute approximate surface area is 231 Å². The summed E-state index contributed by atoms with van der Waals surface area (Å²) in [6.45, 7) is 0.0142. The third-order valence-corrected chi connectivity index (χ3v) is 8.78. The SMILES string of the molecule is O=C(COC(=O)c1ccc(N2C(=O)[C@@H]3[C@H]4C=C[C@@H]([C@@H]5C[C@H]45)[C@@H]3C2=O)cc1)c1ccc(OCc2ccccc2)cc1. The molecule has 3 fully saturated rings. The lowest BCUT2D eigenvalue weighted by molar-refractivity contribution is -0.124.